The van der Waals surface area contributed by atoms with Gasteiger partial charge in [0.1, 0.15) is 0 Å². The summed E-state index contributed by atoms with van der Waals surface area (Å²) >= 11 is 0. The molecule has 27 heavy (non-hydrogen) atoms. The highest BCUT2D eigenvalue weighted by Gasteiger charge is 2.19. The molecule has 0 unspecified atom stereocenters. The van der Waals surface area contributed by atoms with E-state index in [0.29, 0.717) is 11.5 Å². The fourth-order valence-electron chi connectivity index (χ4n) is 2.78. The Labute approximate surface area is 159 Å². The van der Waals surface area contributed by atoms with Crippen LogP contribution in [0.2, 0.25) is 0 Å². The first-order chi connectivity index (χ1) is 12.5. The fourth-order valence-corrected chi connectivity index (χ4v) is 3.59. The van der Waals surface area contributed by atoms with Crippen LogP contribution in [0.15, 0.2) is 34.3 Å². The maximum absolute atomic E-state index is 12.4. The first-order valence-corrected chi connectivity index (χ1v) is 9.98. The summed E-state index contributed by atoms with van der Waals surface area (Å²) in [6, 6.07) is 5.68. The highest BCUT2D eigenvalue weighted by Crippen LogP contribution is 2.22. The van der Waals surface area contributed by atoms with Gasteiger partial charge in [-0.05, 0) is 38.8 Å². The number of nitro benzene ring substituents is 1. The summed E-state index contributed by atoms with van der Waals surface area (Å²) in [5.41, 5.74) is 3.01. The van der Waals surface area contributed by atoms with Crippen LogP contribution in [0, 0.1) is 36.8 Å². The molecule has 0 aliphatic carbocycles. The van der Waals surface area contributed by atoms with Gasteiger partial charge in [-0.3, -0.25) is 10.1 Å². The van der Waals surface area contributed by atoms with Crippen LogP contribution in [0.4, 0.5) is 5.69 Å². The zero-order valence-corrected chi connectivity index (χ0v) is 16.9. The molecular formula is C18H24N4O4S. The summed E-state index contributed by atoms with van der Waals surface area (Å²) in [6.45, 7) is 10.6. The Morgan fingerprint density at radius 2 is 1.93 bits per heavy atom. The second-order valence-electron chi connectivity index (χ2n) is 6.89. The van der Waals surface area contributed by atoms with Gasteiger partial charge in [-0.25, -0.2) is 4.83 Å². The zero-order valence-electron chi connectivity index (χ0n) is 16.1. The number of aryl methyl sites for hydroxylation is 2. The van der Waals surface area contributed by atoms with E-state index < -0.39 is 14.9 Å². The van der Waals surface area contributed by atoms with Crippen LogP contribution in [-0.4, -0.2) is 24.1 Å². The molecule has 0 saturated heterocycles. The van der Waals surface area contributed by atoms with Gasteiger partial charge in [0.05, 0.1) is 16.0 Å². The molecule has 0 spiro atoms. The van der Waals surface area contributed by atoms with Crippen LogP contribution in [-0.2, 0) is 16.6 Å². The molecule has 146 valence electrons. The molecule has 0 aliphatic heterocycles. The standard InChI is InChI=1S/C18H24N4O4S/c1-12(2)11-21-14(4)8-16(15(21)5)10-19-20-27(25,26)17-7-6-13(3)18(9-17)22(23)24/h6-10,12,20H,11H2,1-5H3/b19-10-. The first kappa shape index (κ1) is 20.6. The molecule has 1 N–H and O–H groups in total. The molecule has 1 aromatic heterocycles. The number of aromatic nitrogens is 1. The third-order valence-corrected chi connectivity index (χ3v) is 5.44. The molecule has 0 atom stereocenters. The highest BCUT2D eigenvalue weighted by atomic mass is 32.2. The molecule has 1 aromatic carbocycles. The summed E-state index contributed by atoms with van der Waals surface area (Å²) in [5, 5.41) is 14.8. The minimum atomic E-state index is -4.00. The monoisotopic (exact) mass is 392 g/mol. The second kappa shape index (κ2) is 7.91. The van der Waals surface area contributed by atoms with Crippen LogP contribution in [0.5, 0.6) is 0 Å². The Morgan fingerprint density at radius 3 is 2.52 bits per heavy atom. The summed E-state index contributed by atoms with van der Waals surface area (Å²) in [4.78, 5) is 12.3. The van der Waals surface area contributed by atoms with E-state index in [1.165, 1.54) is 18.3 Å². The van der Waals surface area contributed by atoms with E-state index in [1.54, 1.807) is 6.92 Å². The first-order valence-electron chi connectivity index (χ1n) is 8.49. The number of sulfonamides is 1. The van der Waals surface area contributed by atoms with E-state index in [1.807, 2.05) is 19.9 Å². The van der Waals surface area contributed by atoms with Crippen LogP contribution in [0.3, 0.4) is 0 Å². The predicted octanol–water partition coefficient (Wildman–Crippen LogP) is 3.29. The summed E-state index contributed by atoms with van der Waals surface area (Å²) in [7, 11) is -4.00. The molecular weight excluding hydrogens is 368 g/mol. The van der Waals surface area contributed by atoms with Crippen molar-refractivity contribution >= 4 is 21.9 Å². The van der Waals surface area contributed by atoms with Gasteiger partial charge < -0.3 is 4.57 Å². The molecule has 0 radical (unpaired) electrons. The maximum atomic E-state index is 12.4. The van der Waals surface area contributed by atoms with Gasteiger partial charge in [0.2, 0.25) is 0 Å². The average Bonchev–Trinajstić information content (AvgIpc) is 2.82. The van der Waals surface area contributed by atoms with E-state index in [4.69, 9.17) is 0 Å². The van der Waals surface area contributed by atoms with E-state index >= 15 is 0 Å². The summed E-state index contributed by atoms with van der Waals surface area (Å²) < 4.78 is 26.9. The summed E-state index contributed by atoms with van der Waals surface area (Å²) in [5.74, 6) is 0.482. The number of nitrogens with one attached hydrogen (secondary N) is 1. The van der Waals surface area contributed by atoms with E-state index in [2.05, 4.69) is 28.3 Å². The zero-order chi connectivity index (χ0) is 20.4. The fraction of sp³-hybridized carbons (Fsp3) is 0.389. The minimum Gasteiger partial charge on any atom is -0.348 e. The highest BCUT2D eigenvalue weighted by molar-refractivity contribution is 7.89. The van der Waals surface area contributed by atoms with Crippen molar-refractivity contribution in [1.82, 2.24) is 9.40 Å². The second-order valence-corrected chi connectivity index (χ2v) is 8.55. The Morgan fingerprint density at radius 1 is 1.26 bits per heavy atom. The van der Waals surface area contributed by atoms with Crippen molar-refractivity contribution < 1.29 is 13.3 Å². The lowest BCUT2D eigenvalue weighted by Gasteiger charge is -2.11. The molecule has 9 heteroatoms. The van der Waals surface area contributed by atoms with Crippen molar-refractivity contribution in [1.29, 1.82) is 0 Å². The third kappa shape index (κ3) is 4.73. The van der Waals surface area contributed by atoms with Crippen molar-refractivity contribution in [3.63, 3.8) is 0 Å². The lowest BCUT2D eigenvalue weighted by molar-refractivity contribution is -0.385. The van der Waals surface area contributed by atoms with Gasteiger partial charge in [-0.2, -0.15) is 13.5 Å². The minimum absolute atomic E-state index is 0.206. The lowest BCUT2D eigenvalue weighted by Crippen LogP contribution is -2.18. The van der Waals surface area contributed by atoms with Crippen LogP contribution in [0.1, 0.15) is 36.4 Å². The Hall–Kier alpha value is -2.68. The van der Waals surface area contributed by atoms with E-state index in [0.717, 1.165) is 29.6 Å². The molecule has 0 aliphatic rings. The van der Waals surface area contributed by atoms with E-state index in [-0.39, 0.29) is 10.6 Å². The van der Waals surface area contributed by atoms with Crippen molar-refractivity contribution in [3.8, 4) is 0 Å². The molecule has 1 heterocycles. The third-order valence-electron chi connectivity index (χ3n) is 4.22. The molecule has 0 saturated carbocycles. The average molecular weight is 392 g/mol. The van der Waals surface area contributed by atoms with Gasteiger partial charge in [0.15, 0.2) is 0 Å². The number of hydrazone groups is 1. The Kier molecular flexibility index (Phi) is 6.04. The molecule has 0 fully saturated rings. The van der Waals surface area contributed by atoms with Gasteiger partial charge in [-0.1, -0.05) is 19.9 Å². The van der Waals surface area contributed by atoms with Crippen LogP contribution < -0.4 is 4.83 Å². The predicted molar refractivity (Wildman–Crippen MR) is 104 cm³/mol. The van der Waals surface area contributed by atoms with Crippen molar-refractivity contribution in [2.75, 3.05) is 0 Å². The van der Waals surface area contributed by atoms with Gasteiger partial charge >= 0.3 is 0 Å². The van der Waals surface area contributed by atoms with Crippen molar-refractivity contribution in [2.45, 2.75) is 46.1 Å². The van der Waals surface area contributed by atoms with Crippen molar-refractivity contribution in [3.05, 3.63) is 56.9 Å². The number of hydrogen-bond acceptors (Lipinski definition) is 5. The number of benzene rings is 1. The normalized spacial score (nSPS) is 12.1. The molecule has 0 amide bonds. The molecule has 8 nitrogen and oxygen atoms in total. The molecule has 2 rings (SSSR count). The van der Waals surface area contributed by atoms with Crippen LogP contribution >= 0.6 is 0 Å². The van der Waals surface area contributed by atoms with Gasteiger partial charge in [0.25, 0.3) is 15.7 Å². The lowest BCUT2D eigenvalue weighted by atomic mass is 10.2. The smallest absolute Gasteiger partial charge is 0.276 e. The molecule has 2 aromatic rings. The van der Waals surface area contributed by atoms with Crippen LogP contribution in [0.25, 0.3) is 0 Å². The SMILES string of the molecule is Cc1ccc(S(=O)(=O)N/N=C\c2cc(C)n(CC(C)C)c2C)cc1[N+](=O)[O-]. The van der Waals surface area contributed by atoms with Crippen molar-refractivity contribution in [2.24, 2.45) is 11.0 Å². The Bertz CT molecular complexity index is 991. The molecule has 0 bridgehead atoms. The number of nitrogens with zero attached hydrogens (tertiary/aromatic N) is 3. The summed E-state index contributed by atoms with van der Waals surface area (Å²) in [6.07, 6.45) is 1.44. The van der Waals surface area contributed by atoms with Gasteiger partial charge in [-0.15, -0.1) is 0 Å². The Balaban J connectivity index is 2.23. The number of rotatable bonds is 7. The maximum Gasteiger partial charge on any atom is 0.276 e. The number of nitro groups is 1. The number of hydrogen-bond donors (Lipinski definition) is 1. The van der Waals surface area contributed by atoms with Gasteiger partial charge in [0, 0.05) is 35.1 Å². The largest absolute Gasteiger partial charge is 0.348 e. The van der Waals surface area contributed by atoms with E-state index in [9.17, 15) is 18.5 Å². The topological polar surface area (TPSA) is 107 Å². The quantitative estimate of drug-likeness (QED) is 0.443.